The van der Waals surface area contributed by atoms with Crippen molar-refractivity contribution in [3.8, 4) is 0 Å². The summed E-state index contributed by atoms with van der Waals surface area (Å²) in [7, 11) is 0. The Kier molecular flexibility index (Phi) is 5.80. The van der Waals surface area contributed by atoms with Crippen LogP contribution in [0.15, 0.2) is 18.2 Å². The molecule has 1 aliphatic rings. The fourth-order valence-corrected chi connectivity index (χ4v) is 3.13. The van der Waals surface area contributed by atoms with Crippen molar-refractivity contribution in [2.75, 3.05) is 6.54 Å². The standard InChI is InChI=1S/C18H27NO2/c1-13(2)9-17(18(20)21)12-19-11-14-7-8-15-5-3-4-6-16(15)10-14/h7-8,10,13,17,19H,3-6,9,11-12H2,1-2H3,(H,20,21). The van der Waals surface area contributed by atoms with Gasteiger partial charge in [0.2, 0.25) is 0 Å². The van der Waals surface area contributed by atoms with Crippen LogP contribution in [0.5, 0.6) is 0 Å². The van der Waals surface area contributed by atoms with E-state index in [4.69, 9.17) is 0 Å². The molecule has 1 aromatic carbocycles. The van der Waals surface area contributed by atoms with Crippen molar-refractivity contribution in [3.05, 3.63) is 34.9 Å². The molecule has 3 nitrogen and oxygen atoms in total. The van der Waals surface area contributed by atoms with Crippen molar-refractivity contribution >= 4 is 5.97 Å². The highest BCUT2D eigenvalue weighted by Gasteiger charge is 2.18. The highest BCUT2D eigenvalue weighted by atomic mass is 16.4. The van der Waals surface area contributed by atoms with Crippen LogP contribution in [0.2, 0.25) is 0 Å². The number of aliphatic carboxylic acids is 1. The first-order valence-corrected chi connectivity index (χ1v) is 8.10. The third kappa shape index (κ3) is 4.85. The van der Waals surface area contributed by atoms with Gasteiger partial charge in [0.15, 0.2) is 0 Å². The van der Waals surface area contributed by atoms with Crippen molar-refractivity contribution in [3.63, 3.8) is 0 Å². The molecule has 0 saturated carbocycles. The molecule has 2 rings (SSSR count). The molecule has 2 N–H and O–H groups in total. The Morgan fingerprint density at radius 3 is 2.62 bits per heavy atom. The lowest BCUT2D eigenvalue weighted by atomic mass is 9.90. The highest BCUT2D eigenvalue weighted by Crippen LogP contribution is 2.22. The molecule has 116 valence electrons. The summed E-state index contributed by atoms with van der Waals surface area (Å²) in [5.41, 5.74) is 4.25. The Hall–Kier alpha value is -1.35. The van der Waals surface area contributed by atoms with Gasteiger partial charge in [0.05, 0.1) is 5.92 Å². The molecule has 1 unspecified atom stereocenters. The van der Waals surface area contributed by atoms with Gasteiger partial charge in [-0.15, -0.1) is 0 Å². The number of nitrogens with one attached hydrogen (secondary N) is 1. The molecule has 0 saturated heterocycles. The van der Waals surface area contributed by atoms with Gasteiger partial charge >= 0.3 is 5.97 Å². The van der Waals surface area contributed by atoms with Gasteiger partial charge in [-0.25, -0.2) is 0 Å². The maximum atomic E-state index is 11.2. The minimum absolute atomic E-state index is 0.289. The lowest BCUT2D eigenvalue weighted by Gasteiger charge is -2.18. The molecule has 3 heteroatoms. The Bertz CT molecular complexity index is 482. The molecule has 0 aliphatic heterocycles. The fourth-order valence-electron chi connectivity index (χ4n) is 3.13. The monoisotopic (exact) mass is 289 g/mol. The van der Waals surface area contributed by atoms with Crippen molar-refractivity contribution in [2.45, 2.75) is 52.5 Å². The van der Waals surface area contributed by atoms with Gasteiger partial charge in [-0.05, 0) is 54.7 Å². The Morgan fingerprint density at radius 2 is 1.95 bits per heavy atom. The minimum atomic E-state index is -0.693. The number of hydrogen-bond donors (Lipinski definition) is 2. The number of fused-ring (bicyclic) bond motifs is 1. The molecule has 0 radical (unpaired) electrons. The number of benzene rings is 1. The van der Waals surface area contributed by atoms with E-state index in [-0.39, 0.29) is 5.92 Å². The maximum absolute atomic E-state index is 11.2. The maximum Gasteiger partial charge on any atom is 0.307 e. The average Bonchev–Trinajstić information content (AvgIpc) is 2.45. The lowest BCUT2D eigenvalue weighted by molar-refractivity contribution is -0.142. The number of carbonyl (C=O) groups is 1. The van der Waals surface area contributed by atoms with E-state index in [2.05, 4.69) is 37.4 Å². The molecule has 1 atom stereocenters. The van der Waals surface area contributed by atoms with E-state index >= 15 is 0 Å². The highest BCUT2D eigenvalue weighted by molar-refractivity contribution is 5.70. The van der Waals surface area contributed by atoms with Crippen LogP contribution >= 0.6 is 0 Å². The second-order valence-corrected chi connectivity index (χ2v) is 6.61. The molecule has 0 bridgehead atoms. The number of rotatable bonds is 7. The zero-order chi connectivity index (χ0) is 15.2. The van der Waals surface area contributed by atoms with Crippen LogP contribution in [0.4, 0.5) is 0 Å². The summed E-state index contributed by atoms with van der Waals surface area (Å²) in [6.07, 6.45) is 5.72. The van der Waals surface area contributed by atoms with Crippen LogP contribution in [0.25, 0.3) is 0 Å². The fraction of sp³-hybridized carbons (Fsp3) is 0.611. The molecule has 0 fully saturated rings. The van der Waals surface area contributed by atoms with Crippen LogP contribution in [0.3, 0.4) is 0 Å². The van der Waals surface area contributed by atoms with Gasteiger partial charge in [-0.3, -0.25) is 4.79 Å². The van der Waals surface area contributed by atoms with E-state index in [1.54, 1.807) is 0 Å². The normalized spacial score (nSPS) is 15.8. The predicted octanol–water partition coefficient (Wildman–Crippen LogP) is 3.40. The summed E-state index contributed by atoms with van der Waals surface area (Å²) < 4.78 is 0. The van der Waals surface area contributed by atoms with Crippen LogP contribution in [-0.2, 0) is 24.2 Å². The van der Waals surface area contributed by atoms with Gasteiger partial charge < -0.3 is 10.4 Å². The number of hydrogen-bond acceptors (Lipinski definition) is 2. The van der Waals surface area contributed by atoms with Gasteiger partial charge in [0.25, 0.3) is 0 Å². The molecule has 0 amide bonds. The van der Waals surface area contributed by atoms with Gasteiger partial charge in [0.1, 0.15) is 0 Å². The van der Waals surface area contributed by atoms with Crippen LogP contribution in [0.1, 0.15) is 49.8 Å². The number of carboxylic acid groups (broad SMARTS) is 1. The van der Waals surface area contributed by atoms with Crippen molar-refractivity contribution in [2.24, 2.45) is 11.8 Å². The van der Waals surface area contributed by atoms with E-state index in [0.717, 1.165) is 13.0 Å². The summed E-state index contributed by atoms with van der Waals surface area (Å²) in [6, 6.07) is 6.71. The molecule has 1 aromatic rings. The first-order valence-electron chi connectivity index (χ1n) is 8.10. The molecule has 0 heterocycles. The van der Waals surface area contributed by atoms with Crippen LogP contribution in [-0.4, -0.2) is 17.6 Å². The second-order valence-electron chi connectivity index (χ2n) is 6.61. The van der Waals surface area contributed by atoms with Gasteiger partial charge in [-0.2, -0.15) is 0 Å². The topological polar surface area (TPSA) is 49.3 Å². The van der Waals surface area contributed by atoms with Gasteiger partial charge in [-0.1, -0.05) is 32.0 Å². The SMILES string of the molecule is CC(C)CC(CNCc1ccc2c(c1)CCCC2)C(=O)O. The van der Waals surface area contributed by atoms with Crippen molar-refractivity contribution in [1.29, 1.82) is 0 Å². The van der Waals surface area contributed by atoms with E-state index in [9.17, 15) is 9.90 Å². The molecule has 0 spiro atoms. The predicted molar refractivity (Wildman–Crippen MR) is 85.4 cm³/mol. The summed E-state index contributed by atoms with van der Waals surface area (Å²) in [5.74, 6) is -0.569. The Morgan fingerprint density at radius 1 is 1.24 bits per heavy atom. The molecule has 1 aliphatic carbocycles. The van der Waals surface area contributed by atoms with Crippen molar-refractivity contribution in [1.82, 2.24) is 5.32 Å². The summed E-state index contributed by atoms with van der Waals surface area (Å²) in [5, 5.41) is 12.6. The third-order valence-corrected chi connectivity index (χ3v) is 4.24. The zero-order valence-electron chi connectivity index (χ0n) is 13.2. The molecular formula is C18H27NO2. The van der Waals surface area contributed by atoms with Gasteiger partial charge in [0, 0.05) is 13.1 Å². The smallest absolute Gasteiger partial charge is 0.307 e. The van der Waals surface area contributed by atoms with Crippen LogP contribution in [0, 0.1) is 11.8 Å². The first-order chi connectivity index (χ1) is 10.1. The molecule has 0 aromatic heterocycles. The summed E-state index contributed by atoms with van der Waals surface area (Å²) in [4.78, 5) is 11.2. The lowest BCUT2D eigenvalue weighted by Crippen LogP contribution is -2.29. The van der Waals surface area contributed by atoms with E-state index < -0.39 is 5.97 Å². The quantitative estimate of drug-likeness (QED) is 0.809. The third-order valence-electron chi connectivity index (χ3n) is 4.24. The minimum Gasteiger partial charge on any atom is -0.481 e. The molecular weight excluding hydrogens is 262 g/mol. The summed E-state index contributed by atoms with van der Waals surface area (Å²) in [6.45, 7) is 5.44. The largest absolute Gasteiger partial charge is 0.481 e. The number of aryl methyl sites for hydroxylation is 2. The zero-order valence-corrected chi connectivity index (χ0v) is 13.2. The average molecular weight is 289 g/mol. The summed E-state index contributed by atoms with van der Waals surface area (Å²) >= 11 is 0. The van der Waals surface area contributed by atoms with E-state index in [0.29, 0.717) is 12.5 Å². The second kappa shape index (κ2) is 7.60. The first kappa shape index (κ1) is 16.0. The van der Waals surface area contributed by atoms with E-state index in [1.807, 2.05) is 0 Å². The van der Waals surface area contributed by atoms with E-state index in [1.165, 1.54) is 42.4 Å². The Balaban J connectivity index is 1.86. The van der Waals surface area contributed by atoms with Crippen LogP contribution < -0.4 is 5.32 Å². The molecule has 21 heavy (non-hydrogen) atoms. The Labute approximate surface area is 127 Å². The number of carboxylic acids is 1. The van der Waals surface area contributed by atoms with Crippen molar-refractivity contribution < 1.29 is 9.90 Å².